The van der Waals surface area contributed by atoms with Gasteiger partial charge in [-0.15, -0.1) is 0 Å². The maximum absolute atomic E-state index is 12.9. The Balaban J connectivity index is 1.81. The van der Waals surface area contributed by atoms with Crippen LogP contribution < -0.4 is 0 Å². The Morgan fingerprint density at radius 2 is 1.67 bits per heavy atom. The van der Waals surface area contributed by atoms with E-state index in [-0.39, 0.29) is 0 Å². The molecule has 0 radical (unpaired) electrons. The third-order valence-corrected chi connectivity index (χ3v) is 5.15. The molecule has 0 unspecified atom stereocenters. The van der Waals surface area contributed by atoms with E-state index in [1.165, 1.54) is 6.08 Å². The third-order valence-electron chi connectivity index (χ3n) is 5.15. The second-order valence-corrected chi connectivity index (χ2v) is 7.31. The van der Waals surface area contributed by atoms with Crippen molar-refractivity contribution in [3.05, 3.63) is 59.7 Å². The first kappa shape index (κ1) is 24.2. The van der Waals surface area contributed by atoms with Crippen LogP contribution in [0, 0.1) is 0 Å². The van der Waals surface area contributed by atoms with Crippen LogP contribution in [0.3, 0.4) is 0 Å². The van der Waals surface area contributed by atoms with E-state index < -0.39 is 71.4 Å². The number of aliphatic hydroxyl groups excluding tert-OH is 3. The van der Waals surface area contributed by atoms with Gasteiger partial charge in [0.25, 0.3) is 0 Å². The topological polar surface area (TPSA) is 194 Å². The van der Waals surface area contributed by atoms with Crippen molar-refractivity contribution in [2.45, 2.75) is 30.2 Å². The van der Waals surface area contributed by atoms with Gasteiger partial charge in [0, 0.05) is 11.6 Å². The predicted octanol–water partition coefficient (Wildman–Crippen LogP) is -0.587. The molecule has 1 fully saturated rings. The zero-order valence-corrected chi connectivity index (χ0v) is 17.0. The fourth-order valence-electron chi connectivity index (χ4n) is 3.35. The fraction of sp³-hybridized carbons (Fsp3) is 0.273. The van der Waals surface area contributed by atoms with Gasteiger partial charge in [0.1, 0.15) is 18.3 Å². The lowest BCUT2D eigenvalue weighted by Gasteiger charge is -2.46. The highest BCUT2D eigenvalue weighted by Gasteiger charge is 2.60. The lowest BCUT2D eigenvalue weighted by molar-refractivity contribution is -0.308. The number of esters is 1. The second kappa shape index (κ2) is 9.57. The number of aromatic hydroxyl groups is 3. The number of hydrogen-bond donors (Lipinski definition) is 7. The number of phenolic OH excluding ortho intramolecular Hbond substituents is 3. The Hall–Kier alpha value is -3.48. The van der Waals surface area contributed by atoms with E-state index in [0.717, 1.165) is 6.08 Å². The molecule has 5 atom stereocenters. The summed E-state index contributed by atoms with van der Waals surface area (Å²) in [5.74, 6) is -5.05. The molecule has 0 aromatic heterocycles. The van der Waals surface area contributed by atoms with E-state index in [2.05, 4.69) is 0 Å². The molecule has 7 N–H and O–H groups in total. The van der Waals surface area contributed by atoms with Crippen molar-refractivity contribution in [1.82, 2.24) is 0 Å². The van der Waals surface area contributed by atoms with Crippen LogP contribution in [-0.4, -0.2) is 84.3 Å². The molecule has 176 valence electrons. The molecule has 2 aromatic carbocycles. The van der Waals surface area contributed by atoms with Gasteiger partial charge in [0.05, 0.1) is 6.61 Å². The number of hydrogen-bond acceptors (Lipinski definition) is 11. The number of carbonyl (C=O) groups excluding carboxylic acids is 2. The van der Waals surface area contributed by atoms with E-state index >= 15 is 0 Å². The van der Waals surface area contributed by atoms with Crippen molar-refractivity contribution in [1.29, 1.82) is 0 Å². The average molecular weight is 462 g/mol. The van der Waals surface area contributed by atoms with Gasteiger partial charge in [-0.05, 0) is 23.8 Å². The van der Waals surface area contributed by atoms with Crippen molar-refractivity contribution < 1.29 is 54.8 Å². The van der Waals surface area contributed by atoms with E-state index in [0.29, 0.717) is 17.7 Å². The van der Waals surface area contributed by atoms with Crippen molar-refractivity contribution >= 4 is 17.8 Å². The average Bonchev–Trinajstić information content (AvgIpc) is 2.81. The number of rotatable bonds is 6. The molecule has 33 heavy (non-hydrogen) atoms. The number of benzene rings is 2. The number of carbonyl (C=O) groups is 2. The van der Waals surface area contributed by atoms with Crippen LogP contribution >= 0.6 is 0 Å². The number of phenols is 3. The maximum Gasteiger partial charge on any atom is 0.333 e. The van der Waals surface area contributed by atoms with Gasteiger partial charge in [-0.1, -0.05) is 30.3 Å². The van der Waals surface area contributed by atoms with Crippen LogP contribution in [-0.2, 0) is 14.3 Å². The first-order valence-corrected chi connectivity index (χ1v) is 9.67. The third kappa shape index (κ3) is 4.67. The Kier molecular flexibility index (Phi) is 7.01. The summed E-state index contributed by atoms with van der Waals surface area (Å²) in [5.41, 5.74) is -2.86. The van der Waals surface area contributed by atoms with Crippen molar-refractivity contribution in [3.8, 4) is 17.2 Å². The SMILES string of the molecule is O=C(C=Cc1ccccc1)O[C@@H]1O[C@H](CO)[C@](O)(C(=O)c2cc(O)c(O)c(O)c2)[C@H](O)[C@H]1O. The number of ether oxygens (including phenoxy) is 2. The summed E-state index contributed by atoms with van der Waals surface area (Å²) in [6, 6.07) is 10.1. The van der Waals surface area contributed by atoms with Crippen LogP contribution in [0.15, 0.2) is 48.5 Å². The minimum atomic E-state index is -2.97. The summed E-state index contributed by atoms with van der Waals surface area (Å²) in [5, 5.41) is 70.1. The number of Topliss-reactive ketones (excluding diaryl/α,β-unsaturated/α-hetero) is 1. The highest BCUT2D eigenvalue weighted by atomic mass is 16.7. The molecule has 1 saturated heterocycles. The molecule has 1 aliphatic heterocycles. The molecule has 11 heteroatoms. The molecular weight excluding hydrogens is 440 g/mol. The molecule has 11 nitrogen and oxygen atoms in total. The van der Waals surface area contributed by atoms with Crippen molar-refractivity contribution in [2.24, 2.45) is 0 Å². The standard InChI is InChI=1S/C22H22O11/c23-10-15-22(31,19(29)12-8-13(24)17(27)14(25)9-12)20(30)18(28)21(32-15)33-16(26)7-6-11-4-2-1-3-5-11/h1-9,15,18,20-21,23-25,27-28,30-31H,10H2/t15-,18-,20-,21+,22+/m1/s1. The minimum Gasteiger partial charge on any atom is -0.504 e. The van der Waals surface area contributed by atoms with E-state index in [9.17, 15) is 45.3 Å². The molecule has 3 rings (SSSR count). The fourth-order valence-corrected chi connectivity index (χ4v) is 3.35. The highest BCUT2D eigenvalue weighted by molar-refractivity contribution is 6.04. The highest BCUT2D eigenvalue weighted by Crippen LogP contribution is 2.39. The molecular formula is C22H22O11. The molecule has 0 amide bonds. The lowest BCUT2D eigenvalue weighted by Crippen LogP contribution is -2.70. The summed E-state index contributed by atoms with van der Waals surface area (Å²) >= 11 is 0. The minimum absolute atomic E-state index is 0.570. The Labute approximate surface area is 187 Å². The smallest absolute Gasteiger partial charge is 0.333 e. The van der Waals surface area contributed by atoms with Crippen LogP contribution in [0.1, 0.15) is 15.9 Å². The van der Waals surface area contributed by atoms with E-state index in [1.807, 2.05) is 0 Å². The Bertz CT molecular complexity index is 1020. The van der Waals surface area contributed by atoms with E-state index in [1.54, 1.807) is 30.3 Å². The van der Waals surface area contributed by atoms with Gasteiger partial charge in [-0.25, -0.2) is 4.79 Å². The van der Waals surface area contributed by atoms with Crippen molar-refractivity contribution in [3.63, 3.8) is 0 Å². The first-order chi connectivity index (χ1) is 15.6. The predicted molar refractivity (Wildman–Crippen MR) is 110 cm³/mol. The zero-order valence-electron chi connectivity index (χ0n) is 17.0. The lowest BCUT2D eigenvalue weighted by atomic mass is 9.78. The summed E-state index contributed by atoms with van der Waals surface area (Å²) < 4.78 is 10.2. The van der Waals surface area contributed by atoms with Gasteiger partial charge in [-0.2, -0.15) is 0 Å². The molecule has 0 bridgehead atoms. The second-order valence-electron chi connectivity index (χ2n) is 7.31. The van der Waals surface area contributed by atoms with Crippen molar-refractivity contribution in [2.75, 3.05) is 6.61 Å². The van der Waals surface area contributed by atoms with Crippen LogP contribution in [0.2, 0.25) is 0 Å². The van der Waals surface area contributed by atoms with Crippen LogP contribution in [0.5, 0.6) is 17.2 Å². The molecule has 0 saturated carbocycles. The maximum atomic E-state index is 12.9. The molecule has 2 aromatic rings. The van der Waals surface area contributed by atoms with Gasteiger partial charge in [0.2, 0.25) is 6.29 Å². The summed E-state index contributed by atoms with van der Waals surface area (Å²) in [4.78, 5) is 25.0. The Morgan fingerprint density at radius 3 is 2.24 bits per heavy atom. The van der Waals surface area contributed by atoms with Crippen LogP contribution in [0.4, 0.5) is 0 Å². The molecule has 0 aliphatic carbocycles. The van der Waals surface area contributed by atoms with Gasteiger partial charge < -0.3 is 45.2 Å². The molecule has 1 aliphatic rings. The van der Waals surface area contributed by atoms with E-state index in [4.69, 9.17) is 9.47 Å². The first-order valence-electron chi connectivity index (χ1n) is 9.67. The number of ketones is 1. The molecule has 1 heterocycles. The number of aliphatic hydroxyl groups is 4. The normalized spacial score (nSPS) is 27.4. The summed E-state index contributed by atoms with van der Waals surface area (Å²) in [7, 11) is 0. The molecule has 0 spiro atoms. The largest absolute Gasteiger partial charge is 0.504 e. The summed E-state index contributed by atoms with van der Waals surface area (Å²) in [6.07, 6.45) is -5.71. The quantitative estimate of drug-likeness (QED) is 0.126. The van der Waals surface area contributed by atoms with Crippen LogP contribution in [0.25, 0.3) is 6.08 Å². The Morgan fingerprint density at radius 1 is 1.06 bits per heavy atom. The van der Waals surface area contributed by atoms with Gasteiger partial charge in [0.15, 0.2) is 28.6 Å². The monoisotopic (exact) mass is 462 g/mol. The zero-order chi connectivity index (χ0) is 24.3. The summed E-state index contributed by atoms with van der Waals surface area (Å²) in [6.45, 7) is -1.05. The van der Waals surface area contributed by atoms with Gasteiger partial charge in [-0.3, -0.25) is 4.79 Å². The van der Waals surface area contributed by atoms with Gasteiger partial charge >= 0.3 is 5.97 Å².